The monoisotopic (exact) mass is 446 g/mol. The molecule has 1 aliphatic rings. The summed E-state index contributed by atoms with van der Waals surface area (Å²) >= 11 is 0. The van der Waals surface area contributed by atoms with Crippen LogP contribution in [-0.4, -0.2) is 45.0 Å². The van der Waals surface area contributed by atoms with Crippen LogP contribution in [-0.2, 0) is 19.4 Å². The molecule has 0 radical (unpaired) electrons. The van der Waals surface area contributed by atoms with Crippen LogP contribution in [0.4, 0.5) is 4.79 Å². The lowest BCUT2D eigenvalue weighted by atomic mass is 9.95. The molecule has 0 saturated heterocycles. The van der Waals surface area contributed by atoms with Crippen molar-refractivity contribution in [1.29, 1.82) is 0 Å². The molecule has 1 heterocycles. The Hall–Kier alpha value is -3.53. The number of ether oxygens (including phenoxy) is 2. The molecule has 0 fully saturated rings. The zero-order valence-electron chi connectivity index (χ0n) is 16.9. The maximum Gasteiger partial charge on any atom is 0.338 e. The van der Waals surface area contributed by atoms with Crippen LogP contribution in [0.15, 0.2) is 64.7 Å². The Bertz CT molecular complexity index is 1130. The summed E-state index contributed by atoms with van der Waals surface area (Å²) in [6, 6.07) is 10.3. The zero-order valence-corrected chi connectivity index (χ0v) is 17.7. The van der Waals surface area contributed by atoms with E-state index in [2.05, 4.69) is 10.6 Å². The summed E-state index contributed by atoms with van der Waals surface area (Å²) in [4.78, 5) is 25.2. The highest BCUT2D eigenvalue weighted by molar-refractivity contribution is 7.91. The van der Waals surface area contributed by atoms with Gasteiger partial charge in [0.1, 0.15) is 0 Å². The van der Waals surface area contributed by atoms with Crippen molar-refractivity contribution in [2.75, 3.05) is 19.5 Å². The third-order valence-electron chi connectivity index (χ3n) is 4.62. The fraction of sp³-hybridized carbons (Fsp3) is 0.238. The number of hydrogen-bond donors (Lipinski definition) is 3. The van der Waals surface area contributed by atoms with Crippen LogP contribution in [0.3, 0.4) is 0 Å². The lowest BCUT2D eigenvalue weighted by Crippen LogP contribution is -2.47. The average molecular weight is 446 g/mol. The van der Waals surface area contributed by atoms with Gasteiger partial charge in [-0.05, 0) is 36.8 Å². The minimum absolute atomic E-state index is 0.0475. The van der Waals surface area contributed by atoms with Gasteiger partial charge in [0.2, 0.25) is 0 Å². The molecule has 164 valence electrons. The van der Waals surface area contributed by atoms with Crippen LogP contribution in [0.5, 0.6) is 11.5 Å². The van der Waals surface area contributed by atoms with Gasteiger partial charge in [-0.15, -0.1) is 0 Å². The maximum atomic E-state index is 12.9. The van der Waals surface area contributed by atoms with Crippen molar-refractivity contribution in [3.8, 4) is 11.5 Å². The standard InChI is InChI=1S/C21H22N2O7S/c1-3-30-20(25)18-15(12-31(27,28)14-7-5-4-6-8-14)22-21(26)23-19(18)13-9-10-16(24)17(11-13)29-2/h4-11,19,24H,3,12H2,1-2H3,(H2,22,23,26)/t19-/m1/s1. The van der Waals surface area contributed by atoms with Gasteiger partial charge in [0.15, 0.2) is 21.3 Å². The van der Waals surface area contributed by atoms with Gasteiger partial charge in [0, 0.05) is 5.70 Å². The van der Waals surface area contributed by atoms with Crippen molar-refractivity contribution < 1.29 is 32.6 Å². The summed E-state index contributed by atoms with van der Waals surface area (Å²) in [6.45, 7) is 1.67. The molecule has 10 heteroatoms. The fourth-order valence-corrected chi connectivity index (χ4v) is 4.55. The van der Waals surface area contributed by atoms with Gasteiger partial charge in [-0.1, -0.05) is 24.3 Å². The molecule has 2 aromatic carbocycles. The number of carbonyl (C=O) groups is 2. The smallest absolute Gasteiger partial charge is 0.338 e. The number of aromatic hydroxyl groups is 1. The second-order valence-electron chi connectivity index (χ2n) is 6.65. The Labute approximate surface area is 179 Å². The number of hydrogen-bond acceptors (Lipinski definition) is 7. The SMILES string of the molecule is CCOC(=O)C1=C(CS(=O)(=O)c2ccccc2)NC(=O)N[C@@H]1c1ccc(O)c(OC)c1. The van der Waals surface area contributed by atoms with E-state index in [0.717, 1.165) is 0 Å². The molecular formula is C21H22N2O7S. The molecule has 0 bridgehead atoms. The van der Waals surface area contributed by atoms with E-state index in [1.165, 1.54) is 37.4 Å². The van der Waals surface area contributed by atoms with Gasteiger partial charge in [-0.25, -0.2) is 18.0 Å². The minimum Gasteiger partial charge on any atom is -0.504 e. The molecule has 9 nitrogen and oxygen atoms in total. The highest BCUT2D eigenvalue weighted by atomic mass is 32.2. The first-order valence-electron chi connectivity index (χ1n) is 9.39. The zero-order chi connectivity index (χ0) is 22.6. The first kappa shape index (κ1) is 22.2. The predicted molar refractivity (Wildman–Crippen MR) is 111 cm³/mol. The Kier molecular flexibility index (Phi) is 6.50. The number of benzene rings is 2. The molecule has 0 aromatic heterocycles. The van der Waals surface area contributed by atoms with E-state index in [-0.39, 0.29) is 34.3 Å². The molecule has 3 N–H and O–H groups in total. The van der Waals surface area contributed by atoms with Gasteiger partial charge in [-0.3, -0.25) is 0 Å². The Morgan fingerprint density at radius 3 is 2.52 bits per heavy atom. The number of rotatable bonds is 7. The van der Waals surface area contributed by atoms with E-state index in [9.17, 15) is 23.1 Å². The van der Waals surface area contributed by atoms with Gasteiger partial charge >= 0.3 is 12.0 Å². The molecule has 0 saturated carbocycles. The predicted octanol–water partition coefficient (Wildman–Crippen LogP) is 2.05. The number of sulfone groups is 1. The van der Waals surface area contributed by atoms with E-state index < -0.39 is 33.6 Å². The number of esters is 1. The van der Waals surface area contributed by atoms with Gasteiger partial charge in [0.05, 0.1) is 36.0 Å². The fourth-order valence-electron chi connectivity index (χ4n) is 3.21. The van der Waals surface area contributed by atoms with Crippen molar-refractivity contribution in [1.82, 2.24) is 10.6 Å². The number of phenolic OH excluding ortho intramolecular Hbond substituents is 1. The molecule has 3 rings (SSSR count). The van der Waals surface area contributed by atoms with Crippen molar-refractivity contribution in [3.05, 3.63) is 65.4 Å². The van der Waals surface area contributed by atoms with Crippen LogP contribution < -0.4 is 15.4 Å². The summed E-state index contributed by atoms with van der Waals surface area (Å²) in [5, 5.41) is 14.9. The number of carbonyl (C=O) groups excluding carboxylic acids is 2. The Balaban J connectivity index is 2.12. The number of urea groups is 1. The quantitative estimate of drug-likeness (QED) is 0.555. The Morgan fingerprint density at radius 2 is 1.87 bits per heavy atom. The van der Waals surface area contributed by atoms with Gasteiger partial charge in [0.25, 0.3) is 0 Å². The van der Waals surface area contributed by atoms with E-state index in [0.29, 0.717) is 5.56 Å². The third-order valence-corrected chi connectivity index (χ3v) is 6.28. The number of methoxy groups -OCH3 is 1. The lowest BCUT2D eigenvalue weighted by Gasteiger charge is -2.29. The summed E-state index contributed by atoms with van der Waals surface area (Å²) in [6.07, 6.45) is 0. The van der Waals surface area contributed by atoms with Gasteiger partial charge in [-0.2, -0.15) is 0 Å². The van der Waals surface area contributed by atoms with E-state index in [1.807, 2.05) is 0 Å². The average Bonchev–Trinajstić information content (AvgIpc) is 2.74. The van der Waals surface area contributed by atoms with E-state index in [4.69, 9.17) is 9.47 Å². The summed E-state index contributed by atoms with van der Waals surface area (Å²) in [7, 11) is -2.50. The maximum absolute atomic E-state index is 12.9. The topological polar surface area (TPSA) is 131 Å². The molecule has 1 atom stereocenters. The highest BCUT2D eigenvalue weighted by Gasteiger charge is 2.36. The molecule has 2 amide bonds. The van der Waals surface area contributed by atoms with Crippen LogP contribution >= 0.6 is 0 Å². The molecule has 1 aliphatic heterocycles. The first-order chi connectivity index (χ1) is 14.8. The van der Waals surface area contributed by atoms with Crippen LogP contribution in [0, 0.1) is 0 Å². The molecule has 0 aliphatic carbocycles. The van der Waals surface area contributed by atoms with Crippen molar-refractivity contribution in [3.63, 3.8) is 0 Å². The minimum atomic E-state index is -3.86. The van der Waals surface area contributed by atoms with Crippen molar-refractivity contribution in [2.45, 2.75) is 17.9 Å². The Morgan fingerprint density at radius 1 is 1.16 bits per heavy atom. The summed E-state index contributed by atoms with van der Waals surface area (Å²) in [5.74, 6) is -1.37. The van der Waals surface area contributed by atoms with Crippen molar-refractivity contribution >= 4 is 21.8 Å². The third kappa shape index (κ3) is 4.80. The van der Waals surface area contributed by atoms with Gasteiger partial charge < -0.3 is 25.2 Å². The summed E-state index contributed by atoms with van der Waals surface area (Å²) in [5.41, 5.74) is 0.277. The number of nitrogens with one attached hydrogen (secondary N) is 2. The van der Waals surface area contributed by atoms with E-state index in [1.54, 1.807) is 25.1 Å². The van der Waals surface area contributed by atoms with Crippen molar-refractivity contribution in [2.24, 2.45) is 0 Å². The lowest BCUT2D eigenvalue weighted by molar-refractivity contribution is -0.139. The van der Waals surface area contributed by atoms with Crippen LogP contribution in [0.1, 0.15) is 18.5 Å². The normalized spacial score (nSPS) is 16.3. The molecular weight excluding hydrogens is 424 g/mol. The first-order valence-corrected chi connectivity index (χ1v) is 11.0. The second-order valence-corrected chi connectivity index (χ2v) is 8.64. The molecule has 31 heavy (non-hydrogen) atoms. The molecule has 0 spiro atoms. The molecule has 0 unspecified atom stereocenters. The van der Waals surface area contributed by atoms with Crippen LogP contribution in [0.25, 0.3) is 0 Å². The molecule has 2 aromatic rings. The summed E-state index contributed by atoms with van der Waals surface area (Å²) < 4.78 is 36.1. The number of amides is 2. The second kappa shape index (κ2) is 9.09. The number of phenols is 1. The highest BCUT2D eigenvalue weighted by Crippen LogP contribution is 2.34. The largest absolute Gasteiger partial charge is 0.504 e. The van der Waals surface area contributed by atoms with Crippen LogP contribution in [0.2, 0.25) is 0 Å². The van der Waals surface area contributed by atoms with E-state index >= 15 is 0 Å².